The van der Waals surface area contributed by atoms with Crippen molar-refractivity contribution in [3.8, 4) is 0 Å². The average molecular weight is 252 g/mol. The van der Waals surface area contributed by atoms with Crippen LogP contribution in [0.4, 0.5) is 0 Å². The van der Waals surface area contributed by atoms with Crippen LogP contribution in [0.1, 0.15) is 0 Å². The fourth-order valence-electron chi connectivity index (χ4n) is 0.860. The molecule has 0 aliphatic carbocycles. The summed E-state index contributed by atoms with van der Waals surface area (Å²) in [5.74, 6) is 0. The predicted octanol–water partition coefficient (Wildman–Crippen LogP) is 2.03. The monoisotopic (exact) mass is 252 g/mol. The Balaban J connectivity index is 0.000001000. The Labute approximate surface area is 82.8 Å². The molecule has 2 heteroatoms. The van der Waals surface area contributed by atoms with E-state index < -0.39 is 8.07 Å². The van der Waals surface area contributed by atoms with Crippen molar-refractivity contribution in [2.45, 2.75) is 19.6 Å². The first-order valence-electron chi connectivity index (χ1n) is 3.58. The van der Waals surface area contributed by atoms with Gasteiger partial charge in [-0.1, -0.05) is 19.6 Å². The van der Waals surface area contributed by atoms with Crippen LogP contribution in [0.3, 0.4) is 0 Å². The van der Waals surface area contributed by atoms with Gasteiger partial charge in [0.25, 0.3) is 0 Å². The number of rotatable bonds is 1. The van der Waals surface area contributed by atoms with Crippen molar-refractivity contribution in [2.75, 3.05) is 0 Å². The van der Waals surface area contributed by atoms with Crippen molar-refractivity contribution in [1.29, 1.82) is 0 Å². The van der Waals surface area contributed by atoms with Crippen LogP contribution in [0.25, 0.3) is 0 Å². The molecule has 1 rings (SSSR count). The number of hydrogen-bond acceptors (Lipinski definition) is 0. The van der Waals surface area contributed by atoms with Crippen LogP contribution in [-0.2, 0) is 19.5 Å². The van der Waals surface area contributed by atoms with Gasteiger partial charge in [0.2, 0.25) is 0 Å². The summed E-state index contributed by atoms with van der Waals surface area (Å²) >= 11 is 0. The first-order chi connectivity index (χ1) is 4.61. The van der Waals surface area contributed by atoms with Crippen molar-refractivity contribution in [3.05, 3.63) is 30.3 Å². The van der Waals surface area contributed by atoms with E-state index in [0.29, 0.717) is 0 Å². The average Bonchev–Trinajstić information content (AvgIpc) is 1.88. The molecule has 0 unspecified atom stereocenters. The largest absolute Gasteiger partial charge is 0.184 e. The molecule has 0 aromatic heterocycles. The minimum atomic E-state index is -1.09. The van der Waals surface area contributed by atoms with Crippen molar-refractivity contribution in [2.24, 2.45) is 0 Å². The third kappa shape index (κ3) is 3.31. The molecule has 0 aliphatic rings. The van der Waals surface area contributed by atoms with Crippen molar-refractivity contribution in [1.82, 2.24) is 0 Å². The smallest absolute Gasteiger partial charge is 0.0510 e. The second-order valence-electron chi connectivity index (χ2n) is 3.53. The number of hydrogen-bond donors (Lipinski definition) is 0. The third-order valence-electron chi connectivity index (χ3n) is 1.52. The van der Waals surface area contributed by atoms with E-state index in [-0.39, 0.29) is 19.5 Å². The standard InChI is InChI=1S/C9H13Si.Rh/c1-10(2,3)9-7-5-4-6-8-9;/h4-7H,1-3H3;/q-1;. The molecular formula is C9H13RhSi-. The summed E-state index contributed by atoms with van der Waals surface area (Å²) in [6.45, 7) is 7.00. The van der Waals surface area contributed by atoms with Crippen LogP contribution in [0, 0.1) is 6.07 Å². The molecule has 0 saturated carbocycles. The second kappa shape index (κ2) is 4.18. The van der Waals surface area contributed by atoms with Gasteiger partial charge in [-0.3, -0.25) is 0 Å². The minimum absolute atomic E-state index is 0. The Morgan fingerprint density at radius 3 is 2.09 bits per heavy atom. The molecule has 0 bridgehead atoms. The molecule has 0 aliphatic heterocycles. The van der Waals surface area contributed by atoms with E-state index in [1.54, 1.807) is 0 Å². The zero-order valence-electron chi connectivity index (χ0n) is 7.14. The summed E-state index contributed by atoms with van der Waals surface area (Å²) in [6.07, 6.45) is 0. The van der Waals surface area contributed by atoms with E-state index in [2.05, 4.69) is 37.8 Å². The van der Waals surface area contributed by atoms with E-state index in [4.69, 9.17) is 0 Å². The summed E-state index contributed by atoms with van der Waals surface area (Å²) in [4.78, 5) is 0. The minimum Gasteiger partial charge on any atom is -0.184 e. The van der Waals surface area contributed by atoms with Crippen molar-refractivity contribution >= 4 is 13.3 Å². The van der Waals surface area contributed by atoms with Gasteiger partial charge in [0.15, 0.2) is 0 Å². The first-order valence-corrected chi connectivity index (χ1v) is 7.08. The molecule has 0 fully saturated rings. The van der Waals surface area contributed by atoms with Crippen LogP contribution in [-0.4, -0.2) is 8.07 Å². The Morgan fingerprint density at radius 1 is 1.18 bits per heavy atom. The molecule has 63 valence electrons. The van der Waals surface area contributed by atoms with Gasteiger partial charge in [0.1, 0.15) is 0 Å². The Bertz CT molecular complexity index is 201. The summed E-state index contributed by atoms with van der Waals surface area (Å²) in [6, 6.07) is 11.5. The van der Waals surface area contributed by atoms with Gasteiger partial charge >= 0.3 is 0 Å². The molecule has 0 N–H and O–H groups in total. The maximum atomic E-state index is 3.27. The van der Waals surface area contributed by atoms with Crippen LogP contribution < -0.4 is 5.19 Å². The second-order valence-corrected chi connectivity index (χ2v) is 8.56. The number of benzene rings is 1. The molecule has 0 heterocycles. The molecule has 0 spiro atoms. The zero-order chi connectivity index (χ0) is 7.61. The van der Waals surface area contributed by atoms with E-state index in [1.807, 2.05) is 12.1 Å². The maximum Gasteiger partial charge on any atom is 0.0510 e. The van der Waals surface area contributed by atoms with Crippen LogP contribution in [0.5, 0.6) is 0 Å². The fraction of sp³-hybridized carbons (Fsp3) is 0.333. The molecule has 0 nitrogen and oxygen atoms in total. The molecule has 1 radical (unpaired) electrons. The van der Waals surface area contributed by atoms with E-state index in [1.165, 1.54) is 5.19 Å². The van der Waals surface area contributed by atoms with Gasteiger partial charge in [0, 0.05) is 19.5 Å². The van der Waals surface area contributed by atoms with Gasteiger partial charge in [-0.25, -0.2) is 0 Å². The zero-order valence-corrected chi connectivity index (χ0v) is 9.78. The topological polar surface area (TPSA) is 0 Å². The summed E-state index contributed by atoms with van der Waals surface area (Å²) in [5.41, 5.74) is 0. The summed E-state index contributed by atoms with van der Waals surface area (Å²) in [7, 11) is -1.09. The van der Waals surface area contributed by atoms with E-state index in [9.17, 15) is 0 Å². The first kappa shape index (κ1) is 11.1. The van der Waals surface area contributed by atoms with E-state index in [0.717, 1.165) is 0 Å². The molecular weight excluding hydrogens is 239 g/mol. The van der Waals surface area contributed by atoms with Crippen molar-refractivity contribution < 1.29 is 19.5 Å². The third-order valence-corrected chi connectivity index (χ3v) is 3.44. The maximum absolute atomic E-state index is 3.27. The summed E-state index contributed by atoms with van der Waals surface area (Å²) in [5, 5.41) is 1.41. The molecule has 0 amide bonds. The quantitative estimate of drug-likeness (QED) is 0.530. The SMILES string of the molecule is C[Si](C)(C)c1[c-]cccc1.[Rh]. The van der Waals surface area contributed by atoms with Gasteiger partial charge < -0.3 is 0 Å². The van der Waals surface area contributed by atoms with Gasteiger partial charge in [0.05, 0.1) is 8.07 Å². The Morgan fingerprint density at radius 2 is 1.82 bits per heavy atom. The normalized spacial score (nSPS) is 10.5. The van der Waals surface area contributed by atoms with Gasteiger partial charge in [-0.15, -0.1) is 0 Å². The molecule has 1 aromatic carbocycles. The molecule has 1 aromatic rings. The molecule has 0 saturated heterocycles. The van der Waals surface area contributed by atoms with Gasteiger partial charge in [-0.05, 0) is 0 Å². The van der Waals surface area contributed by atoms with E-state index >= 15 is 0 Å². The van der Waals surface area contributed by atoms with Crippen LogP contribution >= 0.6 is 0 Å². The Kier molecular flexibility index (Phi) is 4.20. The molecule has 11 heavy (non-hydrogen) atoms. The van der Waals surface area contributed by atoms with Crippen molar-refractivity contribution in [3.63, 3.8) is 0 Å². The summed E-state index contributed by atoms with van der Waals surface area (Å²) < 4.78 is 0. The van der Waals surface area contributed by atoms with Crippen LogP contribution in [0.15, 0.2) is 24.3 Å². The predicted molar refractivity (Wildman–Crippen MR) is 48.3 cm³/mol. The van der Waals surface area contributed by atoms with Crippen LogP contribution in [0.2, 0.25) is 19.6 Å². The fourth-order valence-corrected chi connectivity index (χ4v) is 1.97. The van der Waals surface area contributed by atoms with Gasteiger partial charge in [-0.2, -0.15) is 35.5 Å². The molecule has 0 atom stereocenters. The Hall–Kier alpha value is 0.0603.